The van der Waals surface area contributed by atoms with E-state index < -0.39 is 47.9 Å². The minimum atomic E-state index is -1.23. The molecular weight excluding hydrogens is 418 g/mol. The molecule has 8 N–H and O–H groups in total. The third-order valence-electron chi connectivity index (χ3n) is 4.16. The Morgan fingerprint density at radius 1 is 0.897 bits per heavy atom. The summed E-state index contributed by atoms with van der Waals surface area (Å²) in [5.74, 6) is -3.22. The van der Waals surface area contributed by atoms with Crippen LogP contribution in [0.3, 0.4) is 0 Å². The smallest absolute Gasteiger partial charge is 0.327 e. The first-order chi connectivity index (χ1) is 13.6. The van der Waals surface area contributed by atoms with Crippen LogP contribution in [0.2, 0.25) is 0 Å². The van der Waals surface area contributed by atoms with Crippen molar-refractivity contribution in [3.63, 3.8) is 0 Å². The van der Waals surface area contributed by atoms with E-state index in [1.54, 1.807) is 13.8 Å². The average molecular weight is 452 g/mol. The van der Waals surface area contributed by atoms with Gasteiger partial charge in [-0.05, 0) is 31.7 Å². The van der Waals surface area contributed by atoms with Gasteiger partial charge in [-0.15, -0.1) is 0 Å². The van der Waals surface area contributed by atoms with Crippen LogP contribution in [0.5, 0.6) is 0 Å². The fraction of sp³-hybridized carbons (Fsp3) is 0.765. The van der Waals surface area contributed by atoms with Crippen LogP contribution in [0, 0.1) is 5.92 Å². The molecule has 10 nitrogen and oxygen atoms in total. The van der Waals surface area contributed by atoms with Crippen molar-refractivity contribution in [3.8, 4) is 0 Å². The molecule has 0 fully saturated rings. The van der Waals surface area contributed by atoms with Crippen molar-refractivity contribution < 1.29 is 24.3 Å². The van der Waals surface area contributed by atoms with Gasteiger partial charge >= 0.3 is 5.97 Å². The molecule has 0 bridgehead atoms. The van der Waals surface area contributed by atoms with Crippen molar-refractivity contribution in [3.05, 3.63) is 0 Å². The fourth-order valence-corrected chi connectivity index (χ4v) is 2.77. The number of carboxylic acid groups (broad SMARTS) is 1. The second-order valence-electron chi connectivity index (χ2n) is 6.95. The Hall–Kier alpha value is -1.50. The lowest BCUT2D eigenvalue weighted by atomic mass is 10.0. The van der Waals surface area contributed by atoms with Gasteiger partial charge in [-0.25, -0.2) is 4.79 Å². The lowest BCUT2D eigenvalue weighted by Crippen LogP contribution is -2.58. The molecular formula is C17H33N5O5S2. The maximum atomic E-state index is 12.7. The van der Waals surface area contributed by atoms with Crippen LogP contribution >= 0.6 is 25.3 Å². The van der Waals surface area contributed by atoms with Gasteiger partial charge in [0.05, 0.1) is 6.04 Å². The summed E-state index contributed by atoms with van der Waals surface area (Å²) in [6, 6.07) is -3.96. The van der Waals surface area contributed by atoms with E-state index >= 15 is 0 Å². The second kappa shape index (κ2) is 14.5. The van der Waals surface area contributed by atoms with Gasteiger partial charge < -0.3 is 32.5 Å². The number of unbranched alkanes of at least 4 members (excludes halogenated alkanes) is 1. The Kier molecular flexibility index (Phi) is 13.7. The molecule has 29 heavy (non-hydrogen) atoms. The van der Waals surface area contributed by atoms with E-state index in [0.29, 0.717) is 19.4 Å². The Morgan fingerprint density at radius 3 is 1.93 bits per heavy atom. The molecule has 3 amide bonds. The van der Waals surface area contributed by atoms with E-state index in [2.05, 4.69) is 41.2 Å². The zero-order valence-corrected chi connectivity index (χ0v) is 18.5. The standard InChI is InChI=1S/C17H33N5O5S2/c1-9(2)13(22-14(23)10(19)7-28)16(25)20-11(5-3-4-6-18)15(24)21-12(8-29)17(26)27/h9-13,28-29H,3-8,18-19H2,1-2H3,(H,20,25)(H,21,24)(H,22,23)(H,26,27). The van der Waals surface area contributed by atoms with Crippen LogP contribution in [0.4, 0.5) is 0 Å². The van der Waals surface area contributed by atoms with Crippen molar-refractivity contribution in [1.29, 1.82) is 0 Å². The monoisotopic (exact) mass is 451 g/mol. The quantitative estimate of drug-likeness (QED) is 0.117. The highest BCUT2D eigenvalue weighted by atomic mass is 32.1. The second-order valence-corrected chi connectivity index (χ2v) is 7.68. The lowest BCUT2D eigenvalue weighted by molar-refractivity contribution is -0.141. The molecule has 0 saturated heterocycles. The van der Waals surface area contributed by atoms with Crippen molar-refractivity contribution >= 4 is 48.9 Å². The molecule has 0 heterocycles. The molecule has 0 aromatic heterocycles. The number of rotatable bonds is 14. The summed E-state index contributed by atoms with van der Waals surface area (Å²) in [7, 11) is 0. The normalized spacial score (nSPS) is 15.1. The number of amides is 3. The minimum Gasteiger partial charge on any atom is -0.480 e. The third kappa shape index (κ3) is 10.2. The van der Waals surface area contributed by atoms with Crippen LogP contribution in [-0.2, 0) is 19.2 Å². The topological polar surface area (TPSA) is 177 Å². The predicted octanol–water partition coefficient (Wildman–Crippen LogP) is -1.50. The fourth-order valence-electron chi connectivity index (χ4n) is 2.36. The first-order valence-corrected chi connectivity index (χ1v) is 10.7. The zero-order chi connectivity index (χ0) is 22.6. The van der Waals surface area contributed by atoms with Crippen LogP contribution in [0.25, 0.3) is 0 Å². The maximum Gasteiger partial charge on any atom is 0.327 e. The molecule has 4 unspecified atom stereocenters. The Bertz CT molecular complexity index is 564. The van der Waals surface area contributed by atoms with Gasteiger partial charge in [0.1, 0.15) is 18.1 Å². The van der Waals surface area contributed by atoms with Gasteiger partial charge in [-0.2, -0.15) is 25.3 Å². The van der Waals surface area contributed by atoms with E-state index in [1.807, 2.05) is 0 Å². The van der Waals surface area contributed by atoms with E-state index in [1.165, 1.54) is 0 Å². The highest BCUT2D eigenvalue weighted by Crippen LogP contribution is 2.07. The number of nitrogens with two attached hydrogens (primary N) is 2. The molecule has 0 radical (unpaired) electrons. The molecule has 0 saturated carbocycles. The van der Waals surface area contributed by atoms with E-state index in [4.69, 9.17) is 16.6 Å². The summed E-state index contributed by atoms with van der Waals surface area (Å²) in [6.07, 6.45) is 1.45. The molecule has 168 valence electrons. The van der Waals surface area contributed by atoms with Gasteiger partial charge in [0.25, 0.3) is 0 Å². The molecule has 0 rings (SSSR count). The van der Waals surface area contributed by atoms with Crippen LogP contribution in [-0.4, -0.2) is 71.0 Å². The molecule has 0 spiro atoms. The van der Waals surface area contributed by atoms with Crippen molar-refractivity contribution in [2.24, 2.45) is 17.4 Å². The number of nitrogens with one attached hydrogen (secondary N) is 3. The predicted molar refractivity (Wildman–Crippen MR) is 117 cm³/mol. The number of carbonyl (C=O) groups is 4. The molecule has 12 heteroatoms. The highest BCUT2D eigenvalue weighted by molar-refractivity contribution is 7.80. The summed E-state index contributed by atoms with van der Waals surface area (Å²) >= 11 is 7.88. The van der Waals surface area contributed by atoms with Crippen molar-refractivity contribution in [2.45, 2.75) is 57.3 Å². The first-order valence-electron chi connectivity index (χ1n) is 9.40. The number of hydrogen-bond donors (Lipinski definition) is 8. The van der Waals surface area contributed by atoms with E-state index in [0.717, 1.165) is 0 Å². The molecule has 0 aliphatic rings. The van der Waals surface area contributed by atoms with Crippen LogP contribution < -0.4 is 27.4 Å². The van der Waals surface area contributed by atoms with Gasteiger partial charge in [-0.3, -0.25) is 14.4 Å². The van der Waals surface area contributed by atoms with Gasteiger partial charge in [0.2, 0.25) is 17.7 Å². The summed E-state index contributed by atoms with van der Waals surface area (Å²) in [5, 5.41) is 16.6. The van der Waals surface area contributed by atoms with Gasteiger partial charge in [0, 0.05) is 11.5 Å². The molecule has 0 aliphatic carbocycles. The first kappa shape index (κ1) is 27.5. The minimum absolute atomic E-state index is 0.100. The lowest BCUT2D eigenvalue weighted by Gasteiger charge is -2.26. The van der Waals surface area contributed by atoms with E-state index in [-0.39, 0.29) is 23.8 Å². The third-order valence-corrected chi connectivity index (χ3v) is 4.92. The highest BCUT2D eigenvalue weighted by Gasteiger charge is 2.31. The summed E-state index contributed by atoms with van der Waals surface area (Å²) in [6.45, 7) is 3.90. The maximum absolute atomic E-state index is 12.7. The molecule has 0 aliphatic heterocycles. The number of carbonyl (C=O) groups excluding carboxylic acids is 3. The molecule has 0 aromatic carbocycles. The largest absolute Gasteiger partial charge is 0.480 e. The number of aliphatic carboxylic acids is 1. The summed E-state index contributed by atoms with van der Waals surface area (Å²) < 4.78 is 0. The summed E-state index contributed by atoms with van der Waals surface area (Å²) in [5.41, 5.74) is 11.1. The molecule has 4 atom stereocenters. The number of carboxylic acids is 1. The Morgan fingerprint density at radius 2 is 1.48 bits per heavy atom. The van der Waals surface area contributed by atoms with Gasteiger partial charge in [0.15, 0.2) is 0 Å². The summed E-state index contributed by atoms with van der Waals surface area (Å²) in [4.78, 5) is 48.5. The Balaban J connectivity index is 5.29. The average Bonchev–Trinajstić information content (AvgIpc) is 2.67. The zero-order valence-electron chi connectivity index (χ0n) is 16.8. The number of thiol groups is 2. The van der Waals surface area contributed by atoms with Crippen LogP contribution in [0.1, 0.15) is 33.1 Å². The Labute approximate surface area is 182 Å². The van der Waals surface area contributed by atoms with Crippen LogP contribution in [0.15, 0.2) is 0 Å². The van der Waals surface area contributed by atoms with Crippen molar-refractivity contribution in [1.82, 2.24) is 16.0 Å². The number of hydrogen-bond acceptors (Lipinski definition) is 8. The van der Waals surface area contributed by atoms with Crippen molar-refractivity contribution in [2.75, 3.05) is 18.1 Å². The molecule has 0 aromatic rings. The van der Waals surface area contributed by atoms with Gasteiger partial charge in [-0.1, -0.05) is 13.8 Å². The SMILES string of the molecule is CC(C)C(NC(=O)C(N)CS)C(=O)NC(CCCCN)C(=O)NC(CS)C(=O)O. The van der Waals surface area contributed by atoms with E-state index in [9.17, 15) is 19.2 Å².